The van der Waals surface area contributed by atoms with E-state index in [2.05, 4.69) is 11.2 Å². The molecule has 0 bridgehead atoms. The van der Waals surface area contributed by atoms with Crippen molar-refractivity contribution in [2.45, 2.75) is 0 Å². The smallest absolute Gasteiger partial charge is 0.295 e. The number of anilines is 2. The van der Waals surface area contributed by atoms with Gasteiger partial charge in [-0.1, -0.05) is 5.92 Å². The highest BCUT2D eigenvalue weighted by atomic mass is 19.1. The lowest BCUT2D eigenvalue weighted by atomic mass is 10.2. The lowest BCUT2D eigenvalue weighted by Crippen LogP contribution is -2.04. The van der Waals surface area contributed by atoms with Gasteiger partial charge in [0, 0.05) is 0 Å². The van der Waals surface area contributed by atoms with E-state index in [1.165, 1.54) is 0 Å². The quantitative estimate of drug-likeness (QED) is 0.341. The molecule has 0 saturated heterocycles. The molecule has 0 heterocycles. The van der Waals surface area contributed by atoms with Gasteiger partial charge in [0.1, 0.15) is 5.69 Å². The molecule has 0 aliphatic rings. The summed E-state index contributed by atoms with van der Waals surface area (Å²) in [6.07, 6.45) is 4.98. The van der Waals surface area contributed by atoms with Crippen LogP contribution in [0, 0.1) is 28.3 Å². The van der Waals surface area contributed by atoms with Gasteiger partial charge in [-0.2, -0.15) is 0 Å². The summed E-state index contributed by atoms with van der Waals surface area (Å²) in [5.41, 5.74) is 4.82. The Morgan fingerprint density at radius 1 is 1.67 bits per heavy atom. The minimum atomic E-state index is -0.826. The number of terminal acetylenes is 1. The van der Waals surface area contributed by atoms with Crippen molar-refractivity contribution >= 4 is 17.1 Å². The van der Waals surface area contributed by atoms with E-state index < -0.39 is 16.4 Å². The number of hydrogen-bond donors (Lipinski definition) is 2. The number of benzene rings is 1. The molecule has 1 aromatic carbocycles. The van der Waals surface area contributed by atoms with Crippen molar-refractivity contribution in [2.24, 2.45) is 0 Å². The van der Waals surface area contributed by atoms with Gasteiger partial charge in [0.05, 0.1) is 23.2 Å². The van der Waals surface area contributed by atoms with Crippen molar-refractivity contribution in [3.05, 3.63) is 28.1 Å². The Morgan fingerprint density at radius 3 is 2.87 bits per heavy atom. The van der Waals surface area contributed by atoms with Crippen LogP contribution >= 0.6 is 0 Å². The summed E-state index contributed by atoms with van der Waals surface area (Å²) in [5.74, 6) is 1.42. The molecule has 0 amide bonds. The summed E-state index contributed by atoms with van der Waals surface area (Å²) in [6.45, 7) is 0.103. The maximum atomic E-state index is 12.9. The molecule has 1 rings (SSSR count). The van der Waals surface area contributed by atoms with E-state index in [0.29, 0.717) is 0 Å². The van der Waals surface area contributed by atoms with Crippen LogP contribution in [0.3, 0.4) is 0 Å². The number of nitrogens with one attached hydrogen (secondary N) is 1. The summed E-state index contributed by atoms with van der Waals surface area (Å²) >= 11 is 0. The highest BCUT2D eigenvalue weighted by Crippen LogP contribution is 2.28. The Labute approximate surface area is 85.2 Å². The SMILES string of the molecule is C#CCNc1cc(N)c(F)cc1[N+](=O)[O-]. The van der Waals surface area contributed by atoms with E-state index >= 15 is 0 Å². The second-order valence-corrected chi connectivity index (χ2v) is 2.71. The molecule has 0 unspecified atom stereocenters. The van der Waals surface area contributed by atoms with Gasteiger partial charge in [0.25, 0.3) is 5.69 Å². The van der Waals surface area contributed by atoms with E-state index in [0.717, 1.165) is 12.1 Å². The molecule has 6 heteroatoms. The zero-order valence-electron chi connectivity index (χ0n) is 7.66. The number of rotatable bonds is 3. The summed E-state index contributed by atoms with van der Waals surface area (Å²) in [6, 6.07) is 1.90. The van der Waals surface area contributed by atoms with Gasteiger partial charge in [-0.25, -0.2) is 4.39 Å². The number of nitro groups is 1. The fraction of sp³-hybridized carbons (Fsp3) is 0.111. The summed E-state index contributed by atoms with van der Waals surface area (Å²) in [5, 5.41) is 13.1. The highest BCUT2D eigenvalue weighted by Gasteiger charge is 2.16. The van der Waals surface area contributed by atoms with E-state index in [9.17, 15) is 14.5 Å². The van der Waals surface area contributed by atoms with E-state index in [4.69, 9.17) is 12.2 Å². The van der Waals surface area contributed by atoms with E-state index in [1.807, 2.05) is 0 Å². The monoisotopic (exact) mass is 209 g/mol. The Bertz CT molecular complexity index is 440. The first-order chi connectivity index (χ1) is 7.06. The maximum Gasteiger partial charge on any atom is 0.295 e. The van der Waals surface area contributed by atoms with Crippen LogP contribution in [0.25, 0.3) is 0 Å². The molecule has 0 aliphatic heterocycles. The number of nitrogens with two attached hydrogens (primary N) is 1. The lowest BCUT2D eigenvalue weighted by Gasteiger charge is -2.05. The van der Waals surface area contributed by atoms with E-state index in [1.54, 1.807) is 0 Å². The number of halogens is 1. The van der Waals surface area contributed by atoms with Gasteiger partial charge in [-0.15, -0.1) is 6.42 Å². The van der Waals surface area contributed by atoms with Crippen LogP contribution in [-0.4, -0.2) is 11.5 Å². The largest absolute Gasteiger partial charge is 0.396 e. The van der Waals surface area contributed by atoms with Crippen LogP contribution in [-0.2, 0) is 0 Å². The molecular formula is C9H8FN3O2. The van der Waals surface area contributed by atoms with Crippen LogP contribution in [0.2, 0.25) is 0 Å². The molecule has 78 valence electrons. The molecule has 0 fully saturated rings. The topological polar surface area (TPSA) is 81.2 Å². The lowest BCUT2D eigenvalue weighted by molar-refractivity contribution is -0.384. The second kappa shape index (κ2) is 4.28. The van der Waals surface area contributed by atoms with Crippen molar-refractivity contribution < 1.29 is 9.31 Å². The molecule has 15 heavy (non-hydrogen) atoms. The van der Waals surface area contributed by atoms with Crippen molar-refractivity contribution in [3.63, 3.8) is 0 Å². The number of nitrogens with zero attached hydrogens (tertiary/aromatic N) is 1. The average molecular weight is 209 g/mol. The van der Waals surface area contributed by atoms with Crippen molar-refractivity contribution in [1.82, 2.24) is 0 Å². The van der Waals surface area contributed by atoms with Gasteiger partial charge in [0.15, 0.2) is 5.82 Å². The second-order valence-electron chi connectivity index (χ2n) is 2.71. The van der Waals surface area contributed by atoms with Gasteiger partial charge in [0.2, 0.25) is 0 Å². The Hall–Kier alpha value is -2.29. The zero-order chi connectivity index (χ0) is 11.4. The fourth-order valence-electron chi connectivity index (χ4n) is 1.02. The van der Waals surface area contributed by atoms with Crippen LogP contribution in [0.4, 0.5) is 21.5 Å². The molecule has 1 aromatic rings. The molecule has 0 atom stereocenters. The van der Waals surface area contributed by atoms with Crippen LogP contribution in [0.1, 0.15) is 0 Å². The average Bonchev–Trinajstić information content (AvgIpc) is 2.19. The summed E-state index contributed by atoms with van der Waals surface area (Å²) < 4.78 is 12.9. The van der Waals surface area contributed by atoms with Crippen molar-refractivity contribution in [3.8, 4) is 12.3 Å². The van der Waals surface area contributed by atoms with Crippen molar-refractivity contribution in [2.75, 3.05) is 17.6 Å². The maximum absolute atomic E-state index is 12.9. The standard InChI is InChI=1S/C9H8FN3O2/c1-2-3-12-8-5-7(11)6(10)4-9(8)13(14)15/h1,4-5,12H,3,11H2. The molecule has 0 spiro atoms. The first-order valence-corrected chi connectivity index (χ1v) is 3.97. The highest BCUT2D eigenvalue weighted by molar-refractivity contribution is 5.68. The molecular weight excluding hydrogens is 201 g/mol. The number of nitro benzene ring substituents is 1. The van der Waals surface area contributed by atoms with Gasteiger partial charge >= 0.3 is 0 Å². The predicted molar refractivity (Wildman–Crippen MR) is 54.8 cm³/mol. The summed E-state index contributed by atoms with van der Waals surface area (Å²) in [7, 11) is 0. The number of nitrogen functional groups attached to an aromatic ring is 1. The molecule has 0 aromatic heterocycles. The third-order valence-corrected chi connectivity index (χ3v) is 1.69. The van der Waals surface area contributed by atoms with Crippen LogP contribution < -0.4 is 11.1 Å². The first-order valence-electron chi connectivity index (χ1n) is 3.97. The third kappa shape index (κ3) is 2.34. The third-order valence-electron chi connectivity index (χ3n) is 1.69. The normalized spacial score (nSPS) is 9.33. The fourth-order valence-corrected chi connectivity index (χ4v) is 1.02. The van der Waals surface area contributed by atoms with Gasteiger partial charge < -0.3 is 11.1 Å². The van der Waals surface area contributed by atoms with Crippen LogP contribution in [0.15, 0.2) is 12.1 Å². The van der Waals surface area contributed by atoms with E-state index in [-0.39, 0.29) is 17.9 Å². The Balaban J connectivity index is 3.17. The molecule has 0 saturated carbocycles. The minimum Gasteiger partial charge on any atom is -0.396 e. The molecule has 3 N–H and O–H groups in total. The van der Waals surface area contributed by atoms with Crippen molar-refractivity contribution in [1.29, 1.82) is 0 Å². The molecule has 5 nitrogen and oxygen atoms in total. The number of hydrogen-bond acceptors (Lipinski definition) is 4. The molecule has 0 radical (unpaired) electrons. The zero-order valence-corrected chi connectivity index (χ0v) is 7.66. The Morgan fingerprint density at radius 2 is 2.33 bits per heavy atom. The van der Waals surface area contributed by atoms with Crippen LogP contribution in [0.5, 0.6) is 0 Å². The van der Waals surface area contributed by atoms with Gasteiger partial charge in [-0.05, 0) is 6.07 Å². The molecule has 0 aliphatic carbocycles. The first kappa shape index (κ1) is 10.8. The Kier molecular flexibility index (Phi) is 3.08. The predicted octanol–water partition coefficient (Wildman–Crippen LogP) is 1.36. The minimum absolute atomic E-state index is 0.103. The summed E-state index contributed by atoms with van der Waals surface area (Å²) in [4.78, 5) is 9.85. The van der Waals surface area contributed by atoms with Gasteiger partial charge in [-0.3, -0.25) is 10.1 Å².